The molecule has 2 amide bonds. The van der Waals surface area contributed by atoms with E-state index in [0.29, 0.717) is 5.69 Å². The van der Waals surface area contributed by atoms with Crippen LogP contribution in [0.5, 0.6) is 0 Å². The minimum Gasteiger partial charge on any atom is -0.452 e. The predicted molar refractivity (Wildman–Crippen MR) is 107 cm³/mol. The molecule has 1 aromatic heterocycles. The molecule has 0 radical (unpaired) electrons. The van der Waals surface area contributed by atoms with Gasteiger partial charge in [-0.15, -0.1) is 0 Å². The van der Waals surface area contributed by atoms with Gasteiger partial charge in [-0.3, -0.25) is 14.9 Å². The van der Waals surface area contributed by atoms with Crippen LogP contribution in [0.1, 0.15) is 21.6 Å². The number of rotatable bonds is 6. The van der Waals surface area contributed by atoms with Gasteiger partial charge in [0, 0.05) is 0 Å². The fourth-order valence-corrected chi connectivity index (χ4v) is 3.05. The van der Waals surface area contributed by atoms with Gasteiger partial charge in [-0.05, 0) is 36.8 Å². The summed E-state index contributed by atoms with van der Waals surface area (Å²) in [5.41, 5.74) is 1.45. The molecule has 3 aromatic rings. The summed E-state index contributed by atoms with van der Waals surface area (Å²) in [6.45, 7) is 0.892. The highest BCUT2D eigenvalue weighted by atomic mass is 35.5. The summed E-state index contributed by atoms with van der Waals surface area (Å²) in [6.07, 6.45) is 0.0237. The van der Waals surface area contributed by atoms with E-state index in [0.717, 1.165) is 5.56 Å². The van der Waals surface area contributed by atoms with Gasteiger partial charge in [0.25, 0.3) is 5.91 Å². The Labute approximate surface area is 176 Å². The zero-order valence-electron chi connectivity index (χ0n) is 15.9. The molecule has 0 atom stereocenters. The standard InChI is InChI=1S/C21H17ClFN3O4/c1-13-19(20(22)26(25-13)16-9-7-15(23)8-10-16)21(29)30-12-18(28)24-17(27)11-14-5-3-2-4-6-14/h2-10H,11-12H2,1H3,(H,24,27,28). The van der Waals surface area contributed by atoms with Gasteiger partial charge in [0.15, 0.2) is 6.61 Å². The second-order valence-corrected chi connectivity index (χ2v) is 6.71. The number of halogens is 2. The van der Waals surface area contributed by atoms with Crippen molar-refractivity contribution in [3.05, 3.63) is 82.4 Å². The van der Waals surface area contributed by atoms with E-state index in [4.69, 9.17) is 16.3 Å². The number of carbonyl (C=O) groups excluding carboxylic acids is 3. The van der Waals surface area contributed by atoms with Crippen molar-refractivity contribution in [2.24, 2.45) is 0 Å². The number of carbonyl (C=O) groups is 3. The van der Waals surface area contributed by atoms with Crippen molar-refractivity contribution in [2.45, 2.75) is 13.3 Å². The molecule has 0 spiro atoms. The third kappa shape index (κ3) is 5.09. The van der Waals surface area contributed by atoms with Gasteiger partial charge in [0.2, 0.25) is 5.91 Å². The van der Waals surface area contributed by atoms with E-state index in [1.165, 1.54) is 28.9 Å². The maximum Gasteiger partial charge on any atom is 0.343 e. The van der Waals surface area contributed by atoms with Crippen molar-refractivity contribution >= 4 is 29.4 Å². The Morgan fingerprint density at radius 3 is 2.40 bits per heavy atom. The van der Waals surface area contributed by atoms with E-state index in [-0.39, 0.29) is 22.8 Å². The third-order valence-corrected chi connectivity index (χ3v) is 4.45. The monoisotopic (exact) mass is 429 g/mol. The van der Waals surface area contributed by atoms with Gasteiger partial charge in [-0.25, -0.2) is 13.9 Å². The molecule has 0 unspecified atom stereocenters. The molecule has 9 heteroatoms. The average Bonchev–Trinajstić information content (AvgIpc) is 3.01. The smallest absolute Gasteiger partial charge is 0.343 e. The van der Waals surface area contributed by atoms with Crippen LogP contribution in [0.15, 0.2) is 54.6 Å². The molecular formula is C21H17ClFN3O4. The van der Waals surface area contributed by atoms with Crippen LogP contribution >= 0.6 is 11.6 Å². The number of imide groups is 1. The number of benzene rings is 2. The Hall–Kier alpha value is -3.52. The summed E-state index contributed by atoms with van der Waals surface area (Å²) >= 11 is 6.24. The lowest BCUT2D eigenvalue weighted by atomic mass is 10.1. The second-order valence-electron chi connectivity index (χ2n) is 6.35. The molecule has 0 saturated carbocycles. The van der Waals surface area contributed by atoms with Crippen LogP contribution in [0.4, 0.5) is 4.39 Å². The maximum absolute atomic E-state index is 13.1. The highest BCUT2D eigenvalue weighted by Gasteiger charge is 2.23. The first-order chi connectivity index (χ1) is 14.3. The van der Waals surface area contributed by atoms with Crippen LogP contribution < -0.4 is 5.32 Å². The SMILES string of the molecule is Cc1nn(-c2ccc(F)cc2)c(Cl)c1C(=O)OCC(=O)NC(=O)Cc1ccccc1. The number of amides is 2. The molecule has 0 aliphatic heterocycles. The Balaban J connectivity index is 1.60. The molecule has 2 aromatic carbocycles. The number of nitrogens with one attached hydrogen (secondary N) is 1. The zero-order valence-corrected chi connectivity index (χ0v) is 16.6. The fourth-order valence-electron chi connectivity index (χ4n) is 2.70. The minimum atomic E-state index is -0.864. The number of nitrogens with zero attached hydrogens (tertiary/aromatic N) is 2. The van der Waals surface area contributed by atoms with E-state index in [1.54, 1.807) is 31.2 Å². The van der Waals surface area contributed by atoms with Gasteiger partial charge >= 0.3 is 5.97 Å². The van der Waals surface area contributed by atoms with Crippen LogP contribution in [0.25, 0.3) is 5.69 Å². The first-order valence-electron chi connectivity index (χ1n) is 8.90. The van der Waals surface area contributed by atoms with E-state index in [2.05, 4.69) is 10.4 Å². The third-order valence-electron chi connectivity index (χ3n) is 4.10. The van der Waals surface area contributed by atoms with Crippen LogP contribution in [0.2, 0.25) is 5.15 Å². The van der Waals surface area contributed by atoms with Gasteiger partial charge in [0.05, 0.1) is 17.8 Å². The van der Waals surface area contributed by atoms with Gasteiger partial charge < -0.3 is 4.74 Å². The topological polar surface area (TPSA) is 90.3 Å². The molecule has 154 valence electrons. The summed E-state index contributed by atoms with van der Waals surface area (Å²) in [4.78, 5) is 36.2. The molecule has 7 nitrogen and oxygen atoms in total. The number of aromatic nitrogens is 2. The zero-order chi connectivity index (χ0) is 21.7. The number of hydrogen-bond acceptors (Lipinski definition) is 5. The van der Waals surface area contributed by atoms with Crippen molar-refractivity contribution in [3.63, 3.8) is 0 Å². The van der Waals surface area contributed by atoms with Crippen molar-refractivity contribution in [3.8, 4) is 5.69 Å². The largest absolute Gasteiger partial charge is 0.452 e. The summed E-state index contributed by atoms with van der Waals surface area (Å²) in [6, 6.07) is 14.3. The lowest BCUT2D eigenvalue weighted by Gasteiger charge is -2.06. The summed E-state index contributed by atoms with van der Waals surface area (Å²) in [5, 5.41) is 6.28. The van der Waals surface area contributed by atoms with E-state index in [9.17, 15) is 18.8 Å². The lowest BCUT2D eigenvalue weighted by Crippen LogP contribution is -2.35. The molecule has 1 heterocycles. The molecule has 0 aliphatic rings. The van der Waals surface area contributed by atoms with Crippen molar-refractivity contribution < 1.29 is 23.5 Å². The molecule has 0 aliphatic carbocycles. The van der Waals surface area contributed by atoms with E-state index in [1.807, 2.05) is 6.07 Å². The average molecular weight is 430 g/mol. The van der Waals surface area contributed by atoms with Crippen LogP contribution in [0.3, 0.4) is 0 Å². The van der Waals surface area contributed by atoms with Gasteiger partial charge in [-0.1, -0.05) is 41.9 Å². The Morgan fingerprint density at radius 1 is 1.07 bits per heavy atom. The highest BCUT2D eigenvalue weighted by Crippen LogP contribution is 2.24. The van der Waals surface area contributed by atoms with Crippen LogP contribution in [0, 0.1) is 12.7 Å². The molecule has 0 saturated heterocycles. The molecular weight excluding hydrogens is 413 g/mol. The first-order valence-corrected chi connectivity index (χ1v) is 9.27. The van der Waals surface area contributed by atoms with Crippen LogP contribution in [-0.4, -0.2) is 34.2 Å². The van der Waals surface area contributed by atoms with Crippen molar-refractivity contribution in [2.75, 3.05) is 6.61 Å². The highest BCUT2D eigenvalue weighted by molar-refractivity contribution is 6.33. The van der Waals surface area contributed by atoms with Crippen molar-refractivity contribution in [1.82, 2.24) is 15.1 Å². The number of hydrogen-bond donors (Lipinski definition) is 1. The summed E-state index contributed by atoms with van der Waals surface area (Å²) < 4.78 is 19.3. The van der Waals surface area contributed by atoms with Gasteiger partial charge in [0.1, 0.15) is 16.5 Å². The molecule has 3 rings (SSSR count). The number of aryl methyl sites for hydroxylation is 1. The minimum absolute atomic E-state index is 0.0237. The lowest BCUT2D eigenvalue weighted by molar-refractivity contribution is -0.132. The quantitative estimate of drug-likeness (QED) is 0.608. The number of esters is 1. The predicted octanol–water partition coefficient (Wildman–Crippen LogP) is 3.02. The van der Waals surface area contributed by atoms with Gasteiger partial charge in [-0.2, -0.15) is 5.10 Å². The maximum atomic E-state index is 13.1. The molecule has 0 fully saturated rings. The fraction of sp³-hybridized carbons (Fsp3) is 0.143. The normalized spacial score (nSPS) is 10.5. The second kappa shape index (κ2) is 9.32. The van der Waals surface area contributed by atoms with E-state index < -0.39 is 30.2 Å². The Morgan fingerprint density at radius 2 is 1.73 bits per heavy atom. The summed E-state index contributed by atoms with van der Waals surface area (Å²) in [5.74, 6) is -2.56. The molecule has 1 N–H and O–H groups in total. The molecule has 30 heavy (non-hydrogen) atoms. The van der Waals surface area contributed by atoms with Crippen molar-refractivity contribution in [1.29, 1.82) is 0 Å². The first kappa shape index (κ1) is 21.2. The van der Waals surface area contributed by atoms with Crippen LogP contribution in [-0.2, 0) is 20.7 Å². The number of ether oxygens (including phenoxy) is 1. The summed E-state index contributed by atoms with van der Waals surface area (Å²) in [7, 11) is 0. The Bertz CT molecular complexity index is 1080. The Kier molecular flexibility index (Phi) is 6.58. The van der Waals surface area contributed by atoms with E-state index >= 15 is 0 Å². The molecule has 0 bridgehead atoms.